The van der Waals surface area contributed by atoms with Crippen LogP contribution in [0.4, 0.5) is 0 Å². The second-order valence-corrected chi connectivity index (χ2v) is 3.26. The second-order valence-electron chi connectivity index (χ2n) is 1.90. The molecule has 5 heteroatoms. The lowest BCUT2D eigenvalue weighted by Gasteiger charge is -2.29. The van der Waals surface area contributed by atoms with Crippen LogP contribution in [0.25, 0.3) is 0 Å². The first kappa shape index (κ1) is 7.22. The number of rotatable bonds is 2. The zero-order chi connectivity index (χ0) is 6.91. The van der Waals surface area contributed by atoms with Gasteiger partial charge in [-0.1, -0.05) is 13.3 Å². The Morgan fingerprint density at radius 2 is 2.22 bits per heavy atom. The summed E-state index contributed by atoms with van der Waals surface area (Å²) in [5.41, 5.74) is 0. The van der Waals surface area contributed by atoms with Crippen molar-refractivity contribution in [3.8, 4) is 0 Å². The summed E-state index contributed by atoms with van der Waals surface area (Å²) < 4.78 is 19.2. The molecule has 0 unspecified atom stereocenters. The smallest absolute Gasteiger partial charge is 0.302 e. The molecule has 0 atom stereocenters. The number of hydrogen-bond donors (Lipinski definition) is 1. The van der Waals surface area contributed by atoms with E-state index < -0.39 is 14.1 Å². The van der Waals surface area contributed by atoms with Crippen molar-refractivity contribution in [2.45, 2.75) is 26.1 Å². The van der Waals surface area contributed by atoms with Gasteiger partial charge in [-0.3, -0.25) is 9.05 Å². The van der Waals surface area contributed by atoms with Gasteiger partial charge in [-0.15, -0.1) is 0 Å². The Bertz CT molecular complexity index is 136. The highest BCUT2D eigenvalue weighted by Crippen LogP contribution is 2.56. The molecule has 0 spiro atoms. The van der Waals surface area contributed by atoms with Crippen LogP contribution in [0.3, 0.4) is 0 Å². The van der Waals surface area contributed by atoms with Crippen molar-refractivity contribution in [1.82, 2.24) is 0 Å². The first-order valence-electron chi connectivity index (χ1n) is 2.83. The van der Waals surface area contributed by atoms with Crippen molar-refractivity contribution in [3.63, 3.8) is 0 Å². The molecule has 0 radical (unpaired) electrons. The Balaban J connectivity index is 2.19. The van der Waals surface area contributed by atoms with Gasteiger partial charge in [-0.25, -0.2) is 4.57 Å². The summed E-state index contributed by atoms with van der Waals surface area (Å²) in [5.74, 6) is 0. The van der Waals surface area contributed by atoms with E-state index >= 15 is 0 Å². The zero-order valence-electron chi connectivity index (χ0n) is 5.11. The summed E-state index contributed by atoms with van der Waals surface area (Å²) in [7, 11) is -3.55. The summed E-state index contributed by atoms with van der Waals surface area (Å²) in [5, 5.41) is 0. The quantitative estimate of drug-likeness (QED) is 0.605. The Hall–Kier alpha value is 0.110. The minimum atomic E-state index is -3.55. The maximum absolute atomic E-state index is 10.3. The van der Waals surface area contributed by atoms with Crippen LogP contribution in [-0.4, -0.2) is 11.2 Å². The van der Waals surface area contributed by atoms with Crippen LogP contribution >= 0.6 is 7.82 Å². The fraction of sp³-hybridized carbons (Fsp3) is 1.00. The fourth-order valence-electron chi connectivity index (χ4n) is 0.646. The monoisotopic (exact) mass is 152 g/mol. The fourth-order valence-corrected chi connectivity index (χ4v) is 1.47. The predicted molar refractivity (Wildman–Crippen MR) is 30.7 cm³/mol. The topological polar surface area (TPSA) is 55.8 Å². The summed E-state index contributed by atoms with van der Waals surface area (Å²) in [6, 6.07) is 0. The Kier molecular flexibility index (Phi) is 1.91. The van der Waals surface area contributed by atoms with E-state index in [9.17, 15) is 4.57 Å². The third-order valence-corrected chi connectivity index (χ3v) is 2.03. The molecule has 0 aromatic rings. The molecule has 0 bridgehead atoms. The van der Waals surface area contributed by atoms with E-state index in [-0.39, 0.29) is 0 Å². The van der Waals surface area contributed by atoms with E-state index in [1.165, 1.54) is 0 Å². The molecule has 0 amide bonds. The van der Waals surface area contributed by atoms with Gasteiger partial charge < -0.3 is 4.89 Å². The SMILES string of the molecule is CCCC1OP(=O)(O)O1. The molecular formula is C4H9O4P. The van der Waals surface area contributed by atoms with Crippen LogP contribution in [0.5, 0.6) is 0 Å². The minimum absolute atomic E-state index is 0.439. The van der Waals surface area contributed by atoms with Crippen LogP contribution in [0, 0.1) is 0 Å². The van der Waals surface area contributed by atoms with Gasteiger partial charge >= 0.3 is 7.82 Å². The van der Waals surface area contributed by atoms with Crippen molar-refractivity contribution in [2.24, 2.45) is 0 Å². The molecule has 1 heterocycles. The number of phosphoric acid groups is 1. The lowest BCUT2D eigenvalue weighted by atomic mass is 10.3. The molecule has 1 rings (SSSR count). The molecule has 54 valence electrons. The lowest BCUT2D eigenvalue weighted by molar-refractivity contribution is -0.121. The second kappa shape index (κ2) is 2.39. The van der Waals surface area contributed by atoms with Crippen LogP contribution < -0.4 is 0 Å². The van der Waals surface area contributed by atoms with Crippen molar-refractivity contribution in [3.05, 3.63) is 0 Å². The van der Waals surface area contributed by atoms with Crippen LogP contribution in [0.1, 0.15) is 19.8 Å². The van der Waals surface area contributed by atoms with E-state index in [2.05, 4.69) is 9.05 Å². The van der Waals surface area contributed by atoms with Gasteiger partial charge in [0.2, 0.25) is 0 Å². The maximum Gasteiger partial charge on any atom is 0.476 e. The molecule has 0 aromatic carbocycles. The molecule has 1 aliphatic rings. The molecule has 1 fully saturated rings. The van der Waals surface area contributed by atoms with Crippen LogP contribution in [0.15, 0.2) is 0 Å². The summed E-state index contributed by atoms with van der Waals surface area (Å²) in [6.45, 7) is 1.95. The molecule has 1 aliphatic heterocycles. The van der Waals surface area contributed by atoms with Crippen molar-refractivity contribution < 1.29 is 18.5 Å². The third kappa shape index (κ3) is 1.76. The van der Waals surface area contributed by atoms with Gasteiger partial charge in [-0.2, -0.15) is 0 Å². The van der Waals surface area contributed by atoms with Crippen LogP contribution in [-0.2, 0) is 13.6 Å². The minimum Gasteiger partial charge on any atom is -0.302 e. The van der Waals surface area contributed by atoms with Gasteiger partial charge in [0.25, 0.3) is 0 Å². The van der Waals surface area contributed by atoms with E-state index in [4.69, 9.17) is 4.89 Å². The lowest BCUT2D eigenvalue weighted by Crippen LogP contribution is -2.24. The molecular weight excluding hydrogens is 143 g/mol. The van der Waals surface area contributed by atoms with Gasteiger partial charge in [-0.05, 0) is 6.42 Å². The first-order valence-corrected chi connectivity index (χ1v) is 4.33. The molecule has 9 heavy (non-hydrogen) atoms. The average molecular weight is 152 g/mol. The highest BCUT2D eigenvalue weighted by atomic mass is 31.2. The van der Waals surface area contributed by atoms with Crippen molar-refractivity contribution in [2.75, 3.05) is 0 Å². The Labute approximate surface area is 53.4 Å². The summed E-state index contributed by atoms with van der Waals surface area (Å²) in [4.78, 5) is 8.42. The Morgan fingerprint density at radius 1 is 1.67 bits per heavy atom. The normalized spacial score (nSPS) is 42.2. The summed E-state index contributed by atoms with van der Waals surface area (Å²) >= 11 is 0. The average Bonchev–Trinajstić information content (AvgIpc) is 1.62. The van der Waals surface area contributed by atoms with Gasteiger partial charge in [0.1, 0.15) is 0 Å². The van der Waals surface area contributed by atoms with Gasteiger partial charge in [0.15, 0.2) is 6.29 Å². The maximum atomic E-state index is 10.3. The standard InChI is InChI=1S/C4H9O4P/c1-2-3-4-7-9(5,6)8-4/h4H,2-3H2,1H3,(H,5,6). The first-order chi connectivity index (χ1) is 4.14. The van der Waals surface area contributed by atoms with Gasteiger partial charge in [0, 0.05) is 0 Å². The zero-order valence-corrected chi connectivity index (χ0v) is 6.01. The third-order valence-electron chi connectivity index (χ3n) is 1.03. The van der Waals surface area contributed by atoms with E-state index in [1.807, 2.05) is 6.92 Å². The van der Waals surface area contributed by atoms with Crippen molar-refractivity contribution in [1.29, 1.82) is 0 Å². The largest absolute Gasteiger partial charge is 0.476 e. The molecule has 4 nitrogen and oxygen atoms in total. The van der Waals surface area contributed by atoms with Crippen LogP contribution in [0.2, 0.25) is 0 Å². The van der Waals surface area contributed by atoms with E-state index in [1.54, 1.807) is 0 Å². The number of phosphoric ester groups is 1. The van der Waals surface area contributed by atoms with Gasteiger partial charge in [0.05, 0.1) is 0 Å². The summed E-state index contributed by atoms with van der Waals surface area (Å²) in [6.07, 6.45) is 1.14. The molecule has 0 aliphatic carbocycles. The highest BCUT2D eigenvalue weighted by Gasteiger charge is 2.40. The Morgan fingerprint density at radius 3 is 2.56 bits per heavy atom. The molecule has 0 aromatic heterocycles. The highest BCUT2D eigenvalue weighted by molar-refractivity contribution is 7.48. The molecule has 0 saturated carbocycles. The van der Waals surface area contributed by atoms with Crippen molar-refractivity contribution >= 4 is 7.82 Å². The molecule has 1 N–H and O–H groups in total. The number of hydrogen-bond acceptors (Lipinski definition) is 3. The van der Waals surface area contributed by atoms with E-state index in [0.29, 0.717) is 6.42 Å². The van der Waals surface area contributed by atoms with E-state index in [0.717, 1.165) is 6.42 Å². The molecule has 1 saturated heterocycles. The predicted octanol–water partition coefficient (Wildman–Crippen LogP) is 1.26.